The van der Waals surface area contributed by atoms with Crippen molar-refractivity contribution < 1.29 is 19.4 Å². The van der Waals surface area contributed by atoms with E-state index in [4.69, 9.17) is 9.84 Å². The number of carboxylic acids is 1. The predicted molar refractivity (Wildman–Crippen MR) is 88.6 cm³/mol. The number of thiophene rings is 1. The molecule has 1 atom stereocenters. The van der Waals surface area contributed by atoms with Gasteiger partial charge in [0.1, 0.15) is 0 Å². The Balaban J connectivity index is 1.85. The number of hydrogen-bond donors (Lipinski definition) is 1. The average molecular weight is 331 g/mol. The summed E-state index contributed by atoms with van der Waals surface area (Å²) in [4.78, 5) is 25.9. The summed E-state index contributed by atoms with van der Waals surface area (Å²) in [5.74, 6) is -1.68. The van der Waals surface area contributed by atoms with E-state index in [-0.39, 0.29) is 18.9 Å². The lowest BCUT2D eigenvalue weighted by Gasteiger charge is -2.17. The molecule has 23 heavy (non-hydrogen) atoms. The fourth-order valence-electron chi connectivity index (χ4n) is 2.73. The van der Waals surface area contributed by atoms with Crippen molar-refractivity contribution in [1.82, 2.24) is 0 Å². The number of benzene rings is 1. The SMILES string of the molecule is COCc1cc(-c2cccc(N3CC(C(=O)O)CC3=O)c2)cs1. The molecule has 1 unspecified atom stereocenters. The highest BCUT2D eigenvalue weighted by molar-refractivity contribution is 7.10. The zero-order chi connectivity index (χ0) is 16.4. The van der Waals surface area contributed by atoms with Crippen LogP contribution >= 0.6 is 11.3 Å². The molecule has 2 heterocycles. The molecule has 1 amide bonds. The molecule has 1 aromatic carbocycles. The summed E-state index contributed by atoms with van der Waals surface area (Å²) in [6.07, 6.45) is 0.0655. The Bertz CT molecular complexity index is 740. The van der Waals surface area contributed by atoms with E-state index in [1.54, 1.807) is 23.3 Å². The molecule has 3 rings (SSSR count). The van der Waals surface area contributed by atoms with Crippen LogP contribution in [0.4, 0.5) is 5.69 Å². The Kier molecular flexibility index (Phi) is 4.45. The minimum Gasteiger partial charge on any atom is -0.481 e. The first kappa shape index (κ1) is 15.7. The van der Waals surface area contributed by atoms with Gasteiger partial charge < -0.3 is 14.7 Å². The van der Waals surface area contributed by atoms with E-state index in [1.807, 2.05) is 24.3 Å². The lowest BCUT2D eigenvalue weighted by Crippen LogP contribution is -2.25. The summed E-state index contributed by atoms with van der Waals surface area (Å²) < 4.78 is 5.13. The van der Waals surface area contributed by atoms with Crippen LogP contribution in [-0.4, -0.2) is 30.6 Å². The maximum Gasteiger partial charge on any atom is 0.308 e. The first-order valence-corrected chi connectivity index (χ1v) is 8.16. The average Bonchev–Trinajstić information content (AvgIpc) is 3.15. The molecule has 0 spiro atoms. The van der Waals surface area contributed by atoms with Gasteiger partial charge in [0, 0.05) is 30.6 Å². The molecule has 0 bridgehead atoms. The minimum atomic E-state index is -0.918. The molecule has 1 fully saturated rings. The predicted octanol–water partition coefficient (Wildman–Crippen LogP) is 3.00. The number of carbonyl (C=O) groups excluding carboxylic acids is 1. The Hall–Kier alpha value is -2.18. The molecule has 1 saturated heterocycles. The van der Waals surface area contributed by atoms with E-state index in [0.29, 0.717) is 6.61 Å². The molecule has 2 aromatic rings. The van der Waals surface area contributed by atoms with Crippen molar-refractivity contribution in [2.45, 2.75) is 13.0 Å². The van der Waals surface area contributed by atoms with Gasteiger partial charge in [0.25, 0.3) is 0 Å². The fraction of sp³-hybridized carbons (Fsp3) is 0.294. The quantitative estimate of drug-likeness (QED) is 0.914. The first-order chi connectivity index (χ1) is 11.1. The summed E-state index contributed by atoms with van der Waals surface area (Å²) in [5, 5.41) is 11.1. The maximum absolute atomic E-state index is 12.1. The van der Waals surface area contributed by atoms with E-state index in [1.165, 1.54) is 0 Å². The number of aliphatic carboxylic acids is 1. The van der Waals surface area contributed by atoms with Crippen LogP contribution in [0.25, 0.3) is 11.1 Å². The number of anilines is 1. The topological polar surface area (TPSA) is 66.8 Å². The van der Waals surface area contributed by atoms with Gasteiger partial charge in [-0.1, -0.05) is 12.1 Å². The summed E-state index contributed by atoms with van der Waals surface area (Å²) in [6, 6.07) is 9.71. The van der Waals surface area contributed by atoms with Crippen LogP contribution in [-0.2, 0) is 20.9 Å². The second-order valence-electron chi connectivity index (χ2n) is 5.53. The summed E-state index contributed by atoms with van der Waals surface area (Å²) >= 11 is 1.63. The Morgan fingerprint density at radius 2 is 2.22 bits per heavy atom. The van der Waals surface area contributed by atoms with Crippen molar-refractivity contribution in [2.75, 3.05) is 18.6 Å². The number of ether oxygens (including phenoxy) is 1. The third kappa shape index (κ3) is 3.28. The smallest absolute Gasteiger partial charge is 0.308 e. The van der Waals surface area contributed by atoms with Crippen molar-refractivity contribution in [2.24, 2.45) is 5.92 Å². The normalized spacial score (nSPS) is 17.7. The minimum absolute atomic E-state index is 0.0655. The van der Waals surface area contributed by atoms with Gasteiger partial charge in [0.2, 0.25) is 5.91 Å². The number of hydrogen-bond acceptors (Lipinski definition) is 4. The molecule has 120 valence electrons. The van der Waals surface area contributed by atoms with Crippen molar-refractivity contribution in [1.29, 1.82) is 0 Å². The molecule has 6 heteroatoms. The van der Waals surface area contributed by atoms with Gasteiger partial charge in [-0.15, -0.1) is 11.3 Å². The molecule has 0 radical (unpaired) electrons. The number of rotatable bonds is 5. The lowest BCUT2D eigenvalue weighted by molar-refractivity contribution is -0.141. The molecule has 1 N–H and O–H groups in total. The van der Waals surface area contributed by atoms with Crippen LogP contribution in [0.2, 0.25) is 0 Å². The van der Waals surface area contributed by atoms with Crippen LogP contribution in [0.15, 0.2) is 35.7 Å². The third-order valence-electron chi connectivity index (χ3n) is 3.91. The van der Waals surface area contributed by atoms with Crippen LogP contribution in [0, 0.1) is 5.92 Å². The van der Waals surface area contributed by atoms with Gasteiger partial charge in [-0.05, 0) is 34.7 Å². The first-order valence-electron chi connectivity index (χ1n) is 7.28. The van der Waals surface area contributed by atoms with Crippen molar-refractivity contribution in [3.05, 3.63) is 40.6 Å². The van der Waals surface area contributed by atoms with E-state index >= 15 is 0 Å². The number of methoxy groups -OCH3 is 1. The molecular weight excluding hydrogens is 314 g/mol. The Morgan fingerprint density at radius 1 is 1.39 bits per heavy atom. The standard InChI is InChI=1S/C17H17NO4S/c1-22-9-15-6-13(10-23-15)11-3-2-4-14(5-11)18-8-12(17(20)21)7-16(18)19/h2-6,10,12H,7-9H2,1H3,(H,20,21). The zero-order valence-corrected chi connectivity index (χ0v) is 13.5. The van der Waals surface area contributed by atoms with Gasteiger partial charge in [-0.2, -0.15) is 0 Å². The van der Waals surface area contributed by atoms with E-state index in [0.717, 1.165) is 21.7 Å². The monoisotopic (exact) mass is 331 g/mol. The summed E-state index contributed by atoms with van der Waals surface area (Å²) in [5.41, 5.74) is 2.83. The Morgan fingerprint density at radius 3 is 2.91 bits per heavy atom. The molecular formula is C17H17NO4S. The third-order valence-corrected chi connectivity index (χ3v) is 4.82. The molecule has 0 aliphatic carbocycles. The molecule has 1 aliphatic rings. The van der Waals surface area contributed by atoms with Crippen molar-refractivity contribution >= 4 is 28.9 Å². The molecule has 1 aliphatic heterocycles. The summed E-state index contributed by atoms with van der Waals surface area (Å²) in [6.45, 7) is 0.811. The molecule has 5 nitrogen and oxygen atoms in total. The number of amides is 1. The largest absolute Gasteiger partial charge is 0.481 e. The maximum atomic E-state index is 12.1. The van der Waals surface area contributed by atoms with Crippen LogP contribution in [0.5, 0.6) is 0 Å². The highest BCUT2D eigenvalue weighted by atomic mass is 32.1. The molecule has 0 saturated carbocycles. The van der Waals surface area contributed by atoms with E-state index < -0.39 is 11.9 Å². The van der Waals surface area contributed by atoms with Gasteiger partial charge in [0.15, 0.2) is 0 Å². The van der Waals surface area contributed by atoms with E-state index in [2.05, 4.69) is 11.4 Å². The Labute approximate surface area is 138 Å². The van der Waals surface area contributed by atoms with Crippen LogP contribution in [0.1, 0.15) is 11.3 Å². The van der Waals surface area contributed by atoms with Gasteiger partial charge in [0.05, 0.1) is 12.5 Å². The van der Waals surface area contributed by atoms with Gasteiger partial charge >= 0.3 is 5.97 Å². The highest BCUT2D eigenvalue weighted by Gasteiger charge is 2.35. The zero-order valence-electron chi connectivity index (χ0n) is 12.7. The number of carbonyl (C=O) groups is 2. The molecule has 1 aromatic heterocycles. The van der Waals surface area contributed by atoms with Crippen LogP contribution in [0.3, 0.4) is 0 Å². The highest BCUT2D eigenvalue weighted by Crippen LogP contribution is 2.31. The van der Waals surface area contributed by atoms with Gasteiger partial charge in [-0.3, -0.25) is 9.59 Å². The van der Waals surface area contributed by atoms with Gasteiger partial charge in [-0.25, -0.2) is 0 Å². The fourth-order valence-corrected chi connectivity index (χ4v) is 3.59. The second-order valence-corrected chi connectivity index (χ2v) is 6.52. The van der Waals surface area contributed by atoms with E-state index in [9.17, 15) is 9.59 Å². The number of nitrogens with zero attached hydrogens (tertiary/aromatic N) is 1. The lowest BCUT2D eigenvalue weighted by atomic mass is 10.1. The van der Waals surface area contributed by atoms with Crippen LogP contribution < -0.4 is 4.90 Å². The van der Waals surface area contributed by atoms with Crippen molar-refractivity contribution in [3.63, 3.8) is 0 Å². The summed E-state index contributed by atoms with van der Waals surface area (Å²) in [7, 11) is 1.66. The number of carboxylic acid groups (broad SMARTS) is 1. The van der Waals surface area contributed by atoms with Crippen molar-refractivity contribution in [3.8, 4) is 11.1 Å². The second kappa shape index (κ2) is 6.52.